The van der Waals surface area contributed by atoms with Crippen molar-refractivity contribution < 1.29 is 4.39 Å². The molecule has 1 aliphatic rings. The Morgan fingerprint density at radius 1 is 1.18 bits per heavy atom. The second-order valence-corrected chi connectivity index (χ2v) is 5.89. The summed E-state index contributed by atoms with van der Waals surface area (Å²) in [6, 6.07) is 15.0. The topological polar surface area (TPSA) is 50.4 Å². The maximum Gasteiger partial charge on any atom is 0.193 e. The van der Waals surface area contributed by atoms with Gasteiger partial charge in [-0.3, -0.25) is 0 Å². The van der Waals surface area contributed by atoms with E-state index in [0.29, 0.717) is 11.9 Å². The molecule has 3 rings (SSSR count). The van der Waals surface area contributed by atoms with E-state index >= 15 is 0 Å². The minimum atomic E-state index is -0.176. The number of rotatable bonds is 3. The Kier molecular flexibility index (Phi) is 4.09. The van der Waals surface area contributed by atoms with Crippen LogP contribution in [0.2, 0.25) is 0 Å². The second kappa shape index (κ2) is 6.18. The van der Waals surface area contributed by atoms with Crippen LogP contribution in [0.5, 0.6) is 0 Å². The van der Waals surface area contributed by atoms with Crippen LogP contribution in [0.4, 0.5) is 10.1 Å². The minimum absolute atomic E-state index is 0.176. The van der Waals surface area contributed by atoms with Gasteiger partial charge in [0.15, 0.2) is 5.96 Å². The molecule has 0 radical (unpaired) electrons. The van der Waals surface area contributed by atoms with E-state index < -0.39 is 0 Å². The predicted molar refractivity (Wildman–Crippen MR) is 88.6 cm³/mol. The molecule has 1 fully saturated rings. The highest BCUT2D eigenvalue weighted by Crippen LogP contribution is 2.38. The summed E-state index contributed by atoms with van der Waals surface area (Å²) in [6.45, 7) is 2.04. The van der Waals surface area contributed by atoms with Crippen LogP contribution >= 0.6 is 0 Å². The predicted octanol–water partition coefficient (Wildman–Crippen LogP) is 3.81. The van der Waals surface area contributed by atoms with Gasteiger partial charge in [0, 0.05) is 5.69 Å². The Morgan fingerprint density at radius 3 is 2.68 bits per heavy atom. The maximum absolute atomic E-state index is 13.2. The molecule has 0 atom stereocenters. The van der Waals surface area contributed by atoms with Gasteiger partial charge >= 0.3 is 0 Å². The van der Waals surface area contributed by atoms with Gasteiger partial charge < -0.3 is 11.1 Å². The smallest absolute Gasteiger partial charge is 0.193 e. The molecule has 0 aromatic heterocycles. The van der Waals surface area contributed by atoms with Crippen LogP contribution in [0.1, 0.15) is 29.9 Å². The summed E-state index contributed by atoms with van der Waals surface area (Å²) >= 11 is 0. The van der Waals surface area contributed by atoms with Crippen molar-refractivity contribution in [3.8, 4) is 0 Å². The molecule has 0 unspecified atom stereocenters. The molecule has 2 aromatic rings. The van der Waals surface area contributed by atoms with Gasteiger partial charge in [-0.05, 0) is 61.1 Å². The minimum Gasteiger partial charge on any atom is -0.370 e. The fourth-order valence-corrected chi connectivity index (χ4v) is 2.83. The quantitative estimate of drug-likeness (QED) is 0.668. The highest BCUT2D eigenvalue weighted by Gasteiger charge is 2.30. The van der Waals surface area contributed by atoms with Crippen molar-refractivity contribution in [2.24, 2.45) is 10.7 Å². The standard InChI is InChI=1S/C18H20FN3/c1-12-4-2-7-16(8-12)21-18(20)22-17-10-14(11-17)13-5-3-6-15(19)9-13/h2-9,14,17H,10-11H2,1H3,(H3,20,21,22). The lowest BCUT2D eigenvalue weighted by molar-refractivity contribution is 0.352. The summed E-state index contributed by atoms with van der Waals surface area (Å²) in [5.74, 6) is 0.648. The van der Waals surface area contributed by atoms with Crippen LogP contribution < -0.4 is 11.1 Å². The summed E-state index contributed by atoms with van der Waals surface area (Å²) in [7, 11) is 0. The van der Waals surface area contributed by atoms with E-state index in [4.69, 9.17) is 5.73 Å². The Hall–Kier alpha value is -2.36. The normalized spacial score (nSPS) is 21.3. The lowest BCUT2D eigenvalue weighted by Crippen LogP contribution is -2.31. The van der Waals surface area contributed by atoms with E-state index in [-0.39, 0.29) is 11.9 Å². The van der Waals surface area contributed by atoms with Crippen LogP contribution in [0, 0.1) is 12.7 Å². The lowest BCUT2D eigenvalue weighted by Gasteiger charge is -2.33. The number of hydrogen-bond acceptors (Lipinski definition) is 1. The van der Waals surface area contributed by atoms with Crippen molar-refractivity contribution in [2.75, 3.05) is 5.32 Å². The first-order valence-corrected chi connectivity index (χ1v) is 7.52. The third-order valence-corrected chi connectivity index (χ3v) is 4.05. The number of nitrogens with one attached hydrogen (secondary N) is 1. The first-order valence-electron chi connectivity index (χ1n) is 7.52. The van der Waals surface area contributed by atoms with Crippen molar-refractivity contribution in [2.45, 2.75) is 31.7 Å². The number of hydrogen-bond donors (Lipinski definition) is 2. The molecule has 0 saturated heterocycles. The summed E-state index contributed by atoms with van der Waals surface area (Å²) in [5.41, 5.74) is 9.13. The molecule has 0 amide bonds. The van der Waals surface area contributed by atoms with Crippen LogP contribution in [0.15, 0.2) is 53.5 Å². The second-order valence-electron chi connectivity index (χ2n) is 5.89. The van der Waals surface area contributed by atoms with Crippen LogP contribution in [0.3, 0.4) is 0 Å². The van der Waals surface area contributed by atoms with E-state index in [9.17, 15) is 4.39 Å². The van der Waals surface area contributed by atoms with Crippen molar-refractivity contribution in [1.29, 1.82) is 0 Å². The lowest BCUT2D eigenvalue weighted by atomic mass is 9.76. The third kappa shape index (κ3) is 3.45. The van der Waals surface area contributed by atoms with Crippen molar-refractivity contribution >= 4 is 11.6 Å². The molecule has 2 aromatic carbocycles. The molecule has 0 spiro atoms. The Labute approximate surface area is 130 Å². The molecule has 0 heterocycles. The van der Waals surface area contributed by atoms with Gasteiger partial charge in [-0.15, -0.1) is 0 Å². The van der Waals surface area contributed by atoms with Gasteiger partial charge in [0.05, 0.1) is 6.04 Å². The van der Waals surface area contributed by atoms with Gasteiger partial charge in [0.2, 0.25) is 0 Å². The van der Waals surface area contributed by atoms with Crippen molar-refractivity contribution in [3.05, 3.63) is 65.5 Å². The molecule has 1 saturated carbocycles. The van der Waals surface area contributed by atoms with Gasteiger partial charge in [-0.25, -0.2) is 9.38 Å². The SMILES string of the molecule is Cc1cccc(NC(N)=NC2CC(c3cccc(F)c3)C2)c1. The highest BCUT2D eigenvalue weighted by atomic mass is 19.1. The molecule has 0 bridgehead atoms. The zero-order chi connectivity index (χ0) is 15.5. The number of nitrogens with two attached hydrogens (primary N) is 1. The Bertz CT molecular complexity index is 690. The van der Waals surface area contributed by atoms with Crippen LogP contribution in [0.25, 0.3) is 0 Å². The first kappa shape index (κ1) is 14.6. The monoisotopic (exact) mass is 297 g/mol. The summed E-state index contributed by atoms with van der Waals surface area (Å²) < 4.78 is 13.2. The zero-order valence-electron chi connectivity index (χ0n) is 12.6. The fraction of sp³-hybridized carbons (Fsp3) is 0.278. The molecule has 3 N–H and O–H groups in total. The summed E-state index contributed by atoms with van der Waals surface area (Å²) in [5, 5.41) is 3.11. The van der Waals surface area contributed by atoms with E-state index in [0.717, 1.165) is 24.1 Å². The highest BCUT2D eigenvalue weighted by molar-refractivity contribution is 5.92. The molecule has 4 heteroatoms. The molecular weight excluding hydrogens is 277 g/mol. The Balaban J connectivity index is 1.56. The number of benzene rings is 2. The number of halogens is 1. The van der Waals surface area contributed by atoms with Gasteiger partial charge in [-0.2, -0.15) is 0 Å². The third-order valence-electron chi connectivity index (χ3n) is 4.05. The summed E-state index contributed by atoms with van der Waals surface area (Å²) in [4.78, 5) is 4.49. The maximum atomic E-state index is 13.2. The van der Waals surface area contributed by atoms with Gasteiger partial charge in [0.25, 0.3) is 0 Å². The summed E-state index contributed by atoms with van der Waals surface area (Å²) in [6.07, 6.45) is 1.83. The van der Waals surface area contributed by atoms with E-state index in [1.807, 2.05) is 37.3 Å². The molecule has 3 nitrogen and oxygen atoms in total. The number of guanidine groups is 1. The molecule has 114 valence electrons. The van der Waals surface area contributed by atoms with Crippen molar-refractivity contribution in [3.63, 3.8) is 0 Å². The van der Waals surface area contributed by atoms with Crippen LogP contribution in [-0.4, -0.2) is 12.0 Å². The van der Waals surface area contributed by atoms with Crippen molar-refractivity contribution in [1.82, 2.24) is 0 Å². The molecule has 22 heavy (non-hydrogen) atoms. The van der Waals surface area contributed by atoms with Gasteiger partial charge in [0.1, 0.15) is 5.82 Å². The fourth-order valence-electron chi connectivity index (χ4n) is 2.83. The molecule has 1 aliphatic carbocycles. The first-order chi connectivity index (χ1) is 10.6. The largest absolute Gasteiger partial charge is 0.370 e. The van der Waals surface area contributed by atoms with Gasteiger partial charge in [-0.1, -0.05) is 24.3 Å². The van der Waals surface area contributed by atoms with Crippen LogP contribution in [-0.2, 0) is 0 Å². The number of anilines is 1. The average Bonchev–Trinajstić information content (AvgIpc) is 2.42. The number of aryl methyl sites for hydroxylation is 1. The number of nitrogens with zero attached hydrogens (tertiary/aromatic N) is 1. The van der Waals surface area contributed by atoms with E-state index in [1.165, 1.54) is 11.6 Å². The van der Waals surface area contributed by atoms with E-state index in [1.54, 1.807) is 12.1 Å². The average molecular weight is 297 g/mol. The van der Waals surface area contributed by atoms with E-state index in [2.05, 4.69) is 10.3 Å². The molecule has 0 aliphatic heterocycles. The molecular formula is C18H20FN3. The Morgan fingerprint density at radius 2 is 1.95 bits per heavy atom. The zero-order valence-corrected chi connectivity index (χ0v) is 12.6. The number of aliphatic imine (C=N–C) groups is 1.